The zero-order valence-electron chi connectivity index (χ0n) is 10.2. The first-order valence-corrected chi connectivity index (χ1v) is 5.87. The SMILES string of the molecule is O=S(=O)(O)C(F)(F)C(F)(F)C(F)(F)C(F)(F)C(F)(F)C(F)(F)F.[Tl]. The maximum atomic E-state index is 12.7. The fraction of sp³-hybridized carbons (Fsp3) is 1.00. The van der Waals surface area contributed by atoms with Crippen molar-refractivity contribution in [3.05, 3.63) is 0 Å². The van der Waals surface area contributed by atoms with E-state index in [1.165, 1.54) is 0 Å². The predicted octanol–water partition coefficient (Wildman–Crippen LogP) is 3.19. The summed E-state index contributed by atoms with van der Waals surface area (Å²) in [4.78, 5) is 0. The van der Waals surface area contributed by atoms with Crippen LogP contribution in [0.25, 0.3) is 0 Å². The number of hydrogen-bond donors (Lipinski definition) is 1. The summed E-state index contributed by atoms with van der Waals surface area (Å²) >= 11 is 0. The Kier molecular flexibility index (Phi) is 6.83. The Morgan fingerprint density at radius 1 is 0.542 bits per heavy atom. The van der Waals surface area contributed by atoms with Crippen LogP contribution in [0.5, 0.6) is 0 Å². The molecular weight excluding hydrogens is 603 g/mol. The first-order valence-electron chi connectivity index (χ1n) is 4.43. The summed E-state index contributed by atoms with van der Waals surface area (Å²) in [6, 6.07) is 0. The number of rotatable bonds is 5. The molecular formula is C6HF13O3STl. The minimum Gasteiger partial charge on any atom is -0.281 e. The van der Waals surface area contributed by atoms with Gasteiger partial charge in [-0.05, 0) is 0 Å². The fourth-order valence-corrected chi connectivity index (χ4v) is 1.37. The summed E-state index contributed by atoms with van der Waals surface area (Å²) in [7, 11) is -7.61. The van der Waals surface area contributed by atoms with Crippen molar-refractivity contribution in [3.63, 3.8) is 0 Å². The summed E-state index contributed by atoms with van der Waals surface area (Å²) in [6.07, 6.45) is -7.59. The molecule has 0 aliphatic rings. The second kappa shape index (κ2) is 6.27. The van der Waals surface area contributed by atoms with E-state index < -0.39 is 45.2 Å². The second-order valence-corrected chi connectivity index (χ2v) is 5.25. The molecule has 0 unspecified atom stereocenters. The van der Waals surface area contributed by atoms with E-state index in [0.29, 0.717) is 0 Å². The Labute approximate surface area is 143 Å². The van der Waals surface area contributed by atoms with E-state index in [9.17, 15) is 65.5 Å². The molecule has 0 saturated carbocycles. The molecule has 0 aromatic heterocycles. The number of hydrogen-bond acceptors (Lipinski definition) is 2. The van der Waals surface area contributed by atoms with Gasteiger partial charge in [-0.1, -0.05) is 0 Å². The van der Waals surface area contributed by atoms with Gasteiger partial charge in [-0.2, -0.15) is 65.5 Å². The topological polar surface area (TPSA) is 54.4 Å². The van der Waals surface area contributed by atoms with Crippen molar-refractivity contribution in [1.82, 2.24) is 0 Å². The standard InChI is InChI=1S/C6HF13O3S.Tl/c7-1(8,3(11,12)5(15,16)17)2(9,10)4(13,14)6(18,19)23(20,21)22;/h(H,20,21,22);. The maximum Gasteiger partial charge on any atom is 0.460 e. The third-order valence-corrected chi connectivity index (χ3v) is 3.13. The van der Waals surface area contributed by atoms with E-state index >= 15 is 0 Å². The molecule has 0 heterocycles. The summed E-state index contributed by atoms with van der Waals surface area (Å²) < 4.78 is 188. The van der Waals surface area contributed by atoms with Crippen LogP contribution in [0.2, 0.25) is 0 Å². The van der Waals surface area contributed by atoms with Crippen LogP contribution in [-0.2, 0) is 10.1 Å². The van der Waals surface area contributed by atoms with Crippen molar-refractivity contribution < 1.29 is 70.0 Å². The van der Waals surface area contributed by atoms with Crippen LogP contribution in [-0.4, -0.2) is 75.4 Å². The van der Waals surface area contributed by atoms with E-state index in [4.69, 9.17) is 4.55 Å². The van der Waals surface area contributed by atoms with Crippen molar-refractivity contribution in [2.45, 2.75) is 35.1 Å². The Morgan fingerprint density at radius 2 is 0.792 bits per heavy atom. The first kappa shape index (κ1) is 26.2. The molecule has 0 aromatic rings. The van der Waals surface area contributed by atoms with Crippen molar-refractivity contribution in [1.29, 1.82) is 0 Å². The molecule has 1 radical (unpaired) electrons. The van der Waals surface area contributed by atoms with Crippen LogP contribution in [0, 0.1) is 0 Å². The van der Waals surface area contributed by atoms with E-state index in [1.807, 2.05) is 0 Å². The van der Waals surface area contributed by atoms with Crippen molar-refractivity contribution >= 4 is 37.4 Å². The van der Waals surface area contributed by atoms with Crippen LogP contribution >= 0.6 is 0 Å². The minimum absolute atomic E-state index is 0. The average molecular weight is 604 g/mol. The van der Waals surface area contributed by atoms with Gasteiger partial charge in [-0.3, -0.25) is 4.55 Å². The molecule has 0 saturated heterocycles. The minimum atomic E-state index is -8.25. The number of alkyl halides is 13. The monoisotopic (exact) mass is 605 g/mol. The Balaban J connectivity index is 0. The van der Waals surface area contributed by atoms with Gasteiger partial charge in [0, 0.05) is 27.3 Å². The molecule has 0 amide bonds. The third-order valence-electron chi connectivity index (χ3n) is 2.23. The molecule has 0 aromatic carbocycles. The van der Waals surface area contributed by atoms with E-state index in [-0.39, 0.29) is 27.3 Å². The van der Waals surface area contributed by atoms with Gasteiger partial charge in [0.05, 0.1) is 0 Å². The Hall–Kier alpha value is -0.0779. The van der Waals surface area contributed by atoms with Crippen LogP contribution in [0.3, 0.4) is 0 Å². The molecule has 143 valence electrons. The van der Waals surface area contributed by atoms with Crippen LogP contribution in [0.4, 0.5) is 57.1 Å². The second-order valence-electron chi connectivity index (χ2n) is 3.79. The molecule has 0 fully saturated rings. The van der Waals surface area contributed by atoms with Crippen LogP contribution < -0.4 is 0 Å². The summed E-state index contributed by atoms with van der Waals surface area (Å²) in [5.41, 5.74) is 0. The molecule has 24 heavy (non-hydrogen) atoms. The molecule has 0 aliphatic heterocycles. The van der Waals surface area contributed by atoms with Gasteiger partial charge in [-0.15, -0.1) is 0 Å². The third kappa shape index (κ3) is 3.30. The molecule has 18 heteroatoms. The molecule has 0 aliphatic carbocycles. The van der Waals surface area contributed by atoms with Gasteiger partial charge < -0.3 is 0 Å². The summed E-state index contributed by atoms with van der Waals surface area (Å²) in [6.45, 7) is 0. The van der Waals surface area contributed by atoms with E-state index in [0.717, 1.165) is 0 Å². The van der Waals surface area contributed by atoms with Crippen LogP contribution in [0.15, 0.2) is 0 Å². The fourth-order valence-electron chi connectivity index (χ4n) is 0.917. The number of halogens is 13. The largest absolute Gasteiger partial charge is 0.460 e. The normalized spacial score (nSPS) is 15.9. The van der Waals surface area contributed by atoms with Crippen molar-refractivity contribution in [3.8, 4) is 0 Å². The zero-order chi connectivity index (χ0) is 19.5. The smallest absolute Gasteiger partial charge is 0.281 e. The molecule has 0 atom stereocenters. The van der Waals surface area contributed by atoms with E-state index in [2.05, 4.69) is 0 Å². The zero-order valence-corrected chi connectivity index (χ0v) is 15.5. The maximum absolute atomic E-state index is 12.7. The Bertz CT molecular complexity index is 565. The molecule has 0 bridgehead atoms. The molecule has 0 spiro atoms. The molecule has 1 N–H and O–H groups in total. The van der Waals surface area contributed by atoms with Gasteiger partial charge in [0.15, 0.2) is 0 Å². The predicted molar refractivity (Wildman–Crippen MR) is 48.1 cm³/mol. The summed E-state index contributed by atoms with van der Waals surface area (Å²) in [5, 5.41) is -7.52. The van der Waals surface area contributed by atoms with Gasteiger partial charge in [0.2, 0.25) is 0 Å². The first-order chi connectivity index (χ1) is 9.50. The molecule has 3 nitrogen and oxygen atoms in total. The Morgan fingerprint density at radius 3 is 1.00 bits per heavy atom. The van der Waals surface area contributed by atoms with Gasteiger partial charge >= 0.3 is 45.2 Å². The molecule has 0 rings (SSSR count). The van der Waals surface area contributed by atoms with Gasteiger partial charge in [0.1, 0.15) is 0 Å². The van der Waals surface area contributed by atoms with Crippen molar-refractivity contribution in [2.75, 3.05) is 0 Å². The van der Waals surface area contributed by atoms with Crippen molar-refractivity contribution in [2.24, 2.45) is 0 Å². The van der Waals surface area contributed by atoms with Gasteiger partial charge in [0.25, 0.3) is 0 Å². The summed E-state index contributed by atoms with van der Waals surface area (Å²) in [5.74, 6) is -32.5. The quantitative estimate of drug-likeness (QED) is 0.298. The van der Waals surface area contributed by atoms with E-state index in [1.54, 1.807) is 0 Å². The van der Waals surface area contributed by atoms with Gasteiger partial charge in [-0.25, -0.2) is 0 Å². The average Bonchev–Trinajstić information content (AvgIpc) is 2.24. The van der Waals surface area contributed by atoms with Crippen LogP contribution in [0.1, 0.15) is 0 Å².